The molecule has 0 spiro atoms. The summed E-state index contributed by atoms with van der Waals surface area (Å²) >= 11 is 1.35. The summed E-state index contributed by atoms with van der Waals surface area (Å²) in [4.78, 5) is 39.6. The number of hydrogen-bond acceptors (Lipinski definition) is 6. The zero-order chi connectivity index (χ0) is 25.4. The van der Waals surface area contributed by atoms with Gasteiger partial charge in [0.25, 0.3) is 11.5 Å². The first-order chi connectivity index (χ1) is 15.9. The molecule has 0 aliphatic carbocycles. The number of likely N-dealkylation sites (tertiary alicyclic amines) is 1. The van der Waals surface area contributed by atoms with Crippen molar-refractivity contribution < 1.29 is 32.6 Å². The van der Waals surface area contributed by atoms with Crippen molar-refractivity contribution in [2.24, 2.45) is 7.05 Å². The normalized spacial score (nSPS) is 16.4. The second-order valence-electron chi connectivity index (χ2n) is 7.97. The smallest absolute Gasteiger partial charge is 0.490 e. The quantitative estimate of drug-likeness (QED) is 0.595. The number of thiophene rings is 1. The lowest BCUT2D eigenvalue weighted by Crippen LogP contribution is -2.38. The number of fused-ring (bicyclic) bond motifs is 3. The molecule has 1 aliphatic rings. The van der Waals surface area contributed by atoms with Crippen molar-refractivity contribution in [2.45, 2.75) is 18.6 Å². The van der Waals surface area contributed by atoms with Gasteiger partial charge in [-0.3, -0.25) is 9.59 Å². The van der Waals surface area contributed by atoms with Crippen LogP contribution in [0.5, 0.6) is 5.75 Å². The molecule has 1 N–H and O–H groups in total. The highest BCUT2D eigenvalue weighted by Crippen LogP contribution is 2.40. The molecule has 1 aromatic carbocycles. The number of rotatable bonds is 3. The van der Waals surface area contributed by atoms with Gasteiger partial charge < -0.3 is 24.2 Å². The van der Waals surface area contributed by atoms with Crippen LogP contribution in [-0.4, -0.2) is 77.9 Å². The number of carboxylic acids is 1. The van der Waals surface area contributed by atoms with E-state index in [9.17, 15) is 22.8 Å². The maximum Gasteiger partial charge on any atom is 0.490 e. The number of benzene rings is 1. The number of carbonyl (C=O) groups is 2. The van der Waals surface area contributed by atoms with Crippen LogP contribution in [0.4, 0.5) is 13.2 Å². The van der Waals surface area contributed by atoms with Crippen molar-refractivity contribution in [3.63, 3.8) is 0 Å². The molecule has 2 aromatic heterocycles. The van der Waals surface area contributed by atoms with Crippen LogP contribution >= 0.6 is 11.3 Å². The SMILES string of the molecule is COc1c(C(=O)N(C)C2CCN(C)C2)sc2c1c(=O)n(C)c1ccccc21.O=C(O)C(F)(F)F. The van der Waals surface area contributed by atoms with Crippen LogP contribution in [-0.2, 0) is 11.8 Å². The number of amides is 1. The monoisotopic (exact) mass is 499 g/mol. The fraction of sp³-hybridized carbons (Fsp3) is 0.409. The van der Waals surface area contributed by atoms with E-state index in [1.165, 1.54) is 18.4 Å². The number of aryl methyl sites for hydroxylation is 1. The Kier molecular flexibility index (Phi) is 7.22. The second-order valence-corrected chi connectivity index (χ2v) is 8.99. The van der Waals surface area contributed by atoms with Gasteiger partial charge in [-0.1, -0.05) is 18.2 Å². The number of halogens is 3. The molecule has 3 aromatic rings. The van der Waals surface area contributed by atoms with E-state index in [0.717, 1.165) is 35.1 Å². The van der Waals surface area contributed by atoms with E-state index in [-0.39, 0.29) is 17.5 Å². The van der Waals surface area contributed by atoms with Crippen LogP contribution in [0.2, 0.25) is 0 Å². The Morgan fingerprint density at radius 1 is 1.24 bits per heavy atom. The predicted octanol–water partition coefficient (Wildman–Crippen LogP) is 3.17. The molecular weight excluding hydrogens is 475 g/mol. The van der Waals surface area contributed by atoms with Crippen LogP contribution in [0.1, 0.15) is 16.1 Å². The van der Waals surface area contributed by atoms with Gasteiger partial charge in [0.05, 0.1) is 17.3 Å². The third-order valence-electron chi connectivity index (χ3n) is 5.77. The fourth-order valence-corrected chi connectivity index (χ4v) is 5.20. The van der Waals surface area contributed by atoms with Gasteiger partial charge in [0.2, 0.25) is 0 Å². The Hall–Kier alpha value is -3.12. The van der Waals surface area contributed by atoms with E-state index in [1.54, 1.807) is 16.5 Å². The van der Waals surface area contributed by atoms with Gasteiger partial charge in [0.1, 0.15) is 10.3 Å². The highest BCUT2D eigenvalue weighted by Gasteiger charge is 2.38. The van der Waals surface area contributed by atoms with E-state index in [2.05, 4.69) is 11.9 Å². The van der Waals surface area contributed by atoms with E-state index in [0.29, 0.717) is 16.0 Å². The summed E-state index contributed by atoms with van der Waals surface area (Å²) in [6, 6.07) is 7.94. The number of hydrogen-bond donors (Lipinski definition) is 1. The highest BCUT2D eigenvalue weighted by molar-refractivity contribution is 7.22. The Morgan fingerprint density at radius 2 is 1.85 bits per heavy atom. The third-order valence-corrected chi connectivity index (χ3v) is 6.96. The lowest BCUT2D eigenvalue weighted by atomic mass is 10.1. The highest BCUT2D eigenvalue weighted by atomic mass is 32.1. The summed E-state index contributed by atoms with van der Waals surface area (Å²) in [6.07, 6.45) is -4.13. The molecule has 1 amide bonds. The van der Waals surface area contributed by atoms with Gasteiger partial charge in [-0.25, -0.2) is 4.79 Å². The minimum atomic E-state index is -5.08. The molecule has 0 saturated carbocycles. The Morgan fingerprint density at radius 3 is 2.38 bits per heavy atom. The minimum absolute atomic E-state index is 0.0838. The maximum atomic E-state index is 13.2. The number of para-hydroxylation sites is 1. The Bertz CT molecular complexity index is 1300. The first-order valence-electron chi connectivity index (χ1n) is 10.2. The van der Waals surface area contributed by atoms with Gasteiger partial charge in [-0.15, -0.1) is 11.3 Å². The van der Waals surface area contributed by atoms with Gasteiger partial charge in [0, 0.05) is 32.1 Å². The molecule has 1 unspecified atom stereocenters. The summed E-state index contributed by atoms with van der Waals surface area (Å²) in [6.45, 7) is 1.84. The second kappa shape index (κ2) is 9.63. The Balaban J connectivity index is 0.000000406. The third kappa shape index (κ3) is 4.73. The molecular formula is C22H24F3N3O5S. The lowest BCUT2D eigenvalue weighted by Gasteiger charge is -2.24. The standard InChI is InChI=1S/C20H23N3O3S.C2HF3O2/c1-21-10-9-12(11-21)22(2)20(25)18-16(26-4)15-17(27-18)13-7-5-6-8-14(13)23(3)19(15)24;3-2(4,5)1(6)7/h5-8,12H,9-11H2,1-4H3;(H,6,7). The molecule has 12 heteroatoms. The van der Waals surface area contributed by atoms with E-state index in [1.807, 2.05) is 31.3 Å². The molecule has 8 nitrogen and oxygen atoms in total. The molecule has 184 valence electrons. The summed E-state index contributed by atoms with van der Waals surface area (Å²) in [5, 5.41) is 8.57. The van der Waals surface area contributed by atoms with Crippen LogP contribution in [0, 0.1) is 0 Å². The van der Waals surface area contributed by atoms with Crippen LogP contribution in [0.15, 0.2) is 29.1 Å². The topological polar surface area (TPSA) is 92.1 Å². The summed E-state index contributed by atoms with van der Waals surface area (Å²) < 4.78 is 39.7. The van der Waals surface area contributed by atoms with Crippen molar-refractivity contribution in [2.75, 3.05) is 34.3 Å². The number of pyridine rings is 1. The number of methoxy groups -OCH3 is 1. The molecule has 1 saturated heterocycles. The Labute approximate surface area is 196 Å². The average Bonchev–Trinajstić information content (AvgIpc) is 3.40. The zero-order valence-electron chi connectivity index (χ0n) is 19.0. The molecule has 4 rings (SSSR count). The van der Waals surface area contributed by atoms with Crippen molar-refractivity contribution in [3.8, 4) is 5.75 Å². The van der Waals surface area contributed by atoms with Gasteiger partial charge in [-0.05, 0) is 26.1 Å². The minimum Gasteiger partial charge on any atom is -0.494 e. The molecule has 1 atom stereocenters. The lowest BCUT2D eigenvalue weighted by molar-refractivity contribution is -0.192. The first-order valence-corrected chi connectivity index (χ1v) is 11.0. The van der Waals surface area contributed by atoms with Gasteiger partial charge in [-0.2, -0.15) is 13.2 Å². The molecule has 0 radical (unpaired) electrons. The van der Waals surface area contributed by atoms with Crippen molar-refractivity contribution in [1.82, 2.24) is 14.4 Å². The average molecular weight is 500 g/mol. The molecule has 34 heavy (non-hydrogen) atoms. The van der Waals surface area contributed by atoms with E-state index in [4.69, 9.17) is 14.6 Å². The van der Waals surface area contributed by atoms with Crippen molar-refractivity contribution >= 4 is 44.2 Å². The number of nitrogens with zero attached hydrogens (tertiary/aromatic N) is 3. The summed E-state index contributed by atoms with van der Waals surface area (Å²) in [7, 11) is 7.18. The van der Waals surface area contributed by atoms with Crippen molar-refractivity contribution in [1.29, 1.82) is 0 Å². The van der Waals surface area contributed by atoms with E-state index >= 15 is 0 Å². The number of alkyl halides is 3. The largest absolute Gasteiger partial charge is 0.494 e. The van der Waals surface area contributed by atoms with Gasteiger partial charge in [0.15, 0.2) is 5.75 Å². The molecule has 0 bridgehead atoms. The van der Waals surface area contributed by atoms with Gasteiger partial charge >= 0.3 is 12.1 Å². The van der Waals surface area contributed by atoms with E-state index < -0.39 is 12.1 Å². The van der Waals surface area contributed by atoms with Crippen LogP contribution in [0.3, 0.4) is 0 Å². The van der Waals surface area contributed by atoms with Crippen LogP contribution in [0.25, 0.3) is 21.0 Å². The molecule has 1 fully saturated rings. The zero-order valence-corrected chi connectivity index (χ0v) is 19.8. The van der Waals surface area contributed by atoms with Crippen LogP contribution < -0.4 is 10.3 Å². The number of aliphatic carboxylic acids is 1. The number of ether oxygens (including phenoxy) is 1. The number of aromatic nitrogens is 1. The first kappa shape index (κ1) is 25.5. The number of likely N-dealkylation sites (N-methyl/N-ethyl adjacent to an activating group) is 2. The summed E-state index contributed by atoms with van der Waals surface area (Å²) in [5.74, 6) is -2.45. The van der Waals surface area contributed by atoms with Crippen molar-refractivity contribution in [3.05, 3.63) is 39.5 Å². The summed E-state index contributed by atoms with van der Waals surface area (Å²) in [5.41, 5.74) is 0.711. The predicted molar refractivity (Wildman–Crippen MR) is 123 cm³/mol. The fourth-order valence-electron chi connectivity index (χ4n) is 3.92. The molecule has 3 heterocycles. The number of carbonyl (C=O) groups excluding carboxylic acids is 1. The number of carboxylic acid groups (broad SMARTS) is 1. The maximum absolute atomic E-state index is 13.2. The molecule has 1 aliphatic heterocycles.